The number of rotatable bonds is 8. The Morgan fingerprint density at radius 2 is 2.12 bits per heavy atom. The van der Waals surface area contributed by atoms with Gasteiger partial charge in [0.15, 0.2) is 6.23 Å². The Morgan fingerprint density at radius 1 is 1.36 bits per heavy atom. The van der Waals surface area contributed by atoms with Crippen molar-refractivity contribution in [1.82, 2.24) is 20.8 Å². The van der Waals surface area contributed by atoms with Gasteiger partial charge in [-0.2, -0.15) is 0 Å². The standard InChI is InChI=1S/C19H22ClF4N5O4/c1-10(30)25-14-5-6-15(26-16(14)32-11-3-4-12(20)13(21)9-11)17-27-28-18(33-17)29(2)7-8-31-19(22,23)24/h3-4,9,14-16,26H,5-8H2,1-2H3,(H,25,30)/t14-,15+,16?/m0/s1. The third-order valence-corrected chi connectivity index (χ3v) is 5.09. The van der Waals surface area contributed by atoms with Crippen LogP contribution in [0.25, 0.3) is 0 Å². The number of carbonyl (C=O) groups excluding carboxylic acids is 1. The van der Waals surface area contributed by atoms with Crippen molar-refractivity contribution in [1.29, 1.82) is 0 Å². The molecule has 33 heavy (non-hydrogen) atoms. The van der Waals surface area contributed by atoms with Crippen LogP contribution in [-0.4, -0.2) is 54.9 Å². The second-order valence-corrected chi connectivity index (χ2v) is 7.76. The minimum atomic E-state index is -4.72. The highest BCUT2D eigenvalue weighted by molar-refractivity contribution is 6.30. The van der Waals surface area contributed by atoms with Crippen molar-refractivity contribution in [3.8, 4) is 5.75 Å². The highest BCUT2D eigenvalue weighted by atomic mass is 35.5. The van der Waals surface area contributed by atoms with Gasteiger partial charge in [-0.05, 0) is 25.0 Å². The van der Waals surface area contributed by atoms with E-state index in [2.05, 4.69) is 25.6 Å². The molecule has 1 unspecified atom stereocenters. The Kier molecular flexibility index (Phi) is 7.97. The molecule has 14 heteroatoms. The van der Waals surface area contributed by atoms with E-state index in [1.165, 1.54) is 31.0 Å². The van der Waals surface area contributed by atoms with Gasteiger partial charge in [0.2, 0.25) is 11.8 Å². The number of ether oxygens (including phenoxy) is 2. The number of piperidine rings is 1. The van der Waals surface area contributed by atoms with Crippen molar-refractivity contribution in [3.63, 3.8) is 0 Å². The van der Waals surface area contributed by atoms with Gasteiger partial charge in [-0.1, -0.05) is 16.7 Å². The summed E-state index contributed by atoms with van der Waals surface area (Å²) in [5.74, 6) is -0.539. The van der Waals surface area contributed by atoms with E-state index in [-0.39, 0.29) is 35.1 Å². The first-order valence-corrected chi connectivity index (χ1v) is 10.3. The molecule has 0 saturated carbocycles. The third-order valence-electron chi connectivity index (χ3n) is 4.79. The van der Waals surface area contributed by atoms with Crippen molar-refractivity contribution < 1.29 is 36.2 Å². The summed E-state index contributed by atoms with van der Waals surface area (Å²) in [7, 11) is 1.49. The van der Waals surface area contributed by atoms with Gasteiger partial charge in [-0.15, -0.1) is 18.3 Å². The van der Waals surface area contributed by atoms with E-state index in [0.717, 1.165) is 6.07 Å². The fraction of sp³-hybridized carbons (Fsp3) is 0.526. The fourth-order valence-corrected chi connectivity index (χ4v) is 3.34. The number of alkyl halides is 3. The lowest BCUT2D eigenvalue weighted by Gasteiger charge is -2.36. The molecule has 1 saturated heterocycles. The molecule has 1 aromatic heterocycles. The summed E-state index contributed by atoms with van der Waals surface area (Å²) in [6, 6.07) is 3.08. The van der Waals surface area contributed by atoms with E-state index in [1.807, 2.05) is 0 Å². The lowest BCUT2D eigenvalue weighted by atomic mass is 9.98. The summed E-state index contributed by atoms with van der Waals surface area (Å²) in [4.78, 5) is 12.9. The van der Waals surface area contributed by atoms with Crippen LogP contribution >= 0.6 is 11.6 Å². The Labute approximate surface area is 191 Å². The molecule has 2 N–H and O–H groups in total. The molecule has 1 amide bonds. The number of carbonyl (C=O) groups is 1. The molecule has 0 spiro atoms. The Hall–Kier alpha value is -2.64. The third kappa shape index (κ3) is 7.17. The maximum Gasteiger partial charge on any atom is 0.522 e. The number of nitrogens with zero attached hydrogens (tertiary/aromatic N) is 3. The summed E-state index contributed by atoms with van der Waals surface area (Å²) in [5.41, 5.74) is 0. The van der Waals surface area contributed by atoms with E-state index in [9.17, 15) is 22.4 Å². The van der Waals surface area contributed by atoms with Crippen molar-refractivity contribution in [3.05, 3.63) is 34.9 Å². The lowest BCUT2D eigenvalue weighted by Crippen LogP contribution is -2.56. The Bertz CT molecular complexity index is 961. The van der Waals surface area contributed by atoms with Gasteiger partial charge < -0.3 is 19.4 Å². The van der Waals surface area contributed by atoms with Gasteiger partial charge in [0.1, 0.15) is 11.6 Å². The zero-order valence-corrected chi connectivity index (χ0v) is 18.4. The first kappa shape index (κ1) is 25.0. The monoisotopic (exact) mass is 495 g/mol. The number of aromatic nitrogens is 2. The van der Waals surface area contributed by atoms with Gasteiger partial charge in [-0.25, -0.2) is 4.39 Å². The van der Waals surface area contributed by atoms with Crippen LogP contribution in [0.15, 0.2) is 22.6 Å². The maximum absolute atomic E-state index is 13.8. The predicted octanol–water partition coefficient (Wildman–Crippen LogP) is 3.17. The molecular formula is C19H22ClF4N5O4. The average molecular weight is 496 g/mol. The highest BCUT2D eigenvalue weighted by Crippen LogP contribution is 2.29. The summed E-state index contributed by atoms with van der Waals surface area (Å²) < 4.78 is 65.4. The molecule has 0 radical (unpaired) electrons. The van der Waals surface area contributed by atoms with E-state index < -0.39 is 37.1 Å². The molecule has 3 rings (SSSR count). The van der Waals surface area contributed by atoms with Crippen LogP contribution in [0, 0.1) is 5.82 Å². The molecule has 1 fully saturated rings. The van der Waals surface area contributed by atoms with Crippen molar-refractivity contribution in [2.75, 3.05) is 25.1 Å². The number of anilines is 1. The molecule has 1 aliphatic rings. The van der Waals surface area contributed by atoms with Crippen molar-refractivity contribution >= 4 is 23.5 Å². The summed E-state index contributed by atoms with van der Waals surface area (Å²) in [5, 5.41) is 13.7. The number of nitrogens with one attached hydrogen (secondary N) is 2. The molecule has 3 atom stereocenters. The number of hydrogen-bond donors (Lipinski definition) is 2. The predicted molar refractivity (Wildman–Crippen MR) is 108 cm³/mol. The molecule has 9 nitrogen and oxygen atoms in total. The average Bonchev–Trinajstić information content (AvgIpc) is 3.21. The minimum absolute atomic E-state index is 0.0128. The van der Waals surface area contributed by atoms with Gasteiger partial charge >= 0.3 is 12.4 Å². The van der Waals surface area contributed by atoms with Crippen molar-refractivity contribution in [2.24, 2.45) is 0 Å². The molecule has 0 aliphatic carbocycles. The van der Waals surface area contributed by atoms with Crippen LogP contribution in [0.3, 0.4) is 0 Å². The normalized spacial score (nSPS) is 21.0. The van der Waals surface area contributed by atoms with Gasteiger partial charge in [-0.3, -0.25) is 14.8 Å². The number of hydrogen-bond acceptors (Lipinski definition) is 8. The van der Waals surface area contributed by atoms with E-state index in [1.54, 1.807) is 0 Å². The zero-order valence-electron chi connectivity index (χ0n) is 17.7. The van der Waals surface area contributed by atoms with Gasteiger partial charge in [0, 0.05) is 26.6 Å². The SMILES string of the molecule is CC(=O)N[C@H]1CC[C@H](c2nnc(N(C)CCOC(F)(F)F)o2)NC1Oc1ccc(Cl)c(F)c1. The first-order valence-electron chi connectivity index (χ1n) is 9.92. The van der Waals surface area contributed by atoms with Gasteiger partial charge in [0.25, 0.3) is 0 Å². The lowest BCUT2D eigenvalue weighted by molar-refractivity contribution is -0.323. The summed E-state index contributed by atoms with van der Waals surface area (Å²) >= 11 is 5.71. The summed E-state index contributed by atoms with van der Waals surface area (Å²) in [6.07, 6.45) is -4.52. The van der Waals surface area contributed by atoms with Crippen molar-refractivity contribution in [2.45, 2.75) is 44.4 Å². The summed E-state index contributed by atoms with van der Waals surface area (Å²) in [6.45, 7) is 0.636. The quantitative estimate of drug-likeness (QED) is 0.539. The van der Waals surface area contributed by atoms with Crippen LogP contribution in [0.5, 0.6) is 5.75 Å². The number of halogens is 5. The number of amides is 1. The van der Waals surface area contributed by atoms with E-state index in [4.69, 9.17) is 20.8 Å². The largest absolute Gasteiger partial charge is 0.522 e. The van der Waals surface area contributed by atoms with Gasteiger partial charge in [0.05, 0.1) is 23.7 Å². The zero-order chi connectivity index (χ0) is 24.2. The molecule has 0 bridgehead atoms. The second kappa shape index (κ2) is 10.5. The first-order chi connectivity index (χ1) is 15.5. The second-order valence-electron chi connectivity index (χ2n) is 7.36. The highest BCUT2D eigenvalue weighted by Gasteiger charge is 2.35. The number of likely N-dealkylation sites (N-methyl/N-ethyl adjacent to an activating group) is 1. The topological polar surface area (TPSA) is 102 Å². The smallest absolute Gasteiger partial charge is 0.473 e. The Balaban J connectivity index is 1.67. The molecule has 1 aromatic carbocycles. The molecule has 2 aromatic rings. The number of benzene rings is 1. The van der Waals surface area contributed by atoms with Crippen LogP contribution < -0.4 is 20.3 Å². The van der Waals surface area contributed by atoms with Crippen LogP contribution in [0.4, 0.5) is 23.6 Å². The fourth-order valence-electron chi connectivity index (χ4n) is 3.23. The van der Waals surface area contributed by atoms with Crippen LogP contribution in [0.2, 0.25) is 5.02 Å². The molecular weight excluding hydrogens is 474 g/mol. The molecule has 182 valence electrons. The van der Waals surface area contributed by atoms with E-state index >= 15 is 0 Å². The van der Waals surface area contributed by atoms with E-state index in [0.29, 0.717) is 12.8 Å². The Morgan fingerprint density at radius 3 is 2.79 bits per heavy atom. The van der Waals surface area contributed by atoms with Crippen LogP contribution in [0.1, 0.15) is 31.7 Å². The minimum Gasteiger partial charge on any atom is -0.473 e. The van der Waals surface area contributed by atoms with Crippen LogP contribution in [-0.2, 0) is 9.53 Å². The molecule has 1 aliphatic heterocycles. The maximum atomic E-state index is 13.8. The molecule has 2 heterocycles.